The lowest BCUT2D eigenvalue weighted by molar-refractivity contribution is 0.767. The van der Waals surface area contributed by atoms with Gasteiger partial charge < -0.3 is 11.1 Å². The zero-order valence-corrected chi connectivity index (χ0v) is 8.64. The Morgan fingerprint density at radius 3 is 2.67 bits per heavy atom. The van der Waals surface area contributed by atoms with E-state index in [1.54, 1.807) is 4.68 Å². The Hall–Kier alpha value is -1.97. The molecule has 0 saturated heterocycles. The van der Waals surface area contributed by atoms with Gasteiger partial charge in [0, 0.05) is 36.7 Å². The van der Waals surface area contributed by atoms with Gasteiger partial charge in [-0.25, -0.2) is 0 Å². The molecular formula is C11H14N4. The second-order valence-electron chi connectivity index (χ2n) is 3.50. The first kappa shape index (κ1) is 9.58. The molecule has 0 bridgehead atoms. The van der Waals surface area contributed by atoms with Crippen molar-refractivity contribution in [1.29, 1.82) is 0 Å². The van der Waals surface area contributed by atoms with Gasteiger partial charge in [-0.3, -0.25) is 4.68 Å². The molecular weight excluding hydrogens is 188 g/mol. The van der Waals surface area contributed by atoms with Crippen molar-refractivity contribution in [2.45, 2.75) is 6.54 Å². The van der Waals surface area contributed by atoms with Gasteiger partial charge in [-0.2, -0.15) is 5.10 Å². The molecule has 4 nitrogen and oxygen atoms in total. The number of benzene rings is 1. The van der Waals surface area contributed by atoms with E-state index in [0.717, 1.165) is 23.5 Å². The first-order valence-corrected chi connectivity index (χ1v) is 4.81. The Bertz CT molecular complexity index is 430. The third kappa shape index (κ3) is 2.49. The Morgan fingerprint density at radius 2 is 2.07 bits per heavy atom. The molecule has 0 aliphatic heterocycles. The van der Waals surface area contributed by atoms with Crippen LogP contribution in [0.5, 0.6) is 0 Å². The summed E-state index contributed by atoms with van der Waals surface area (Å²) in [5.41, 5.74) is 8.60. The summed E-state index contributed by atoms with van der Waals surface area (Å²) in [5, 5.41) is 7.39. The molecule has 4 heteroatoms. The van der Waals surface area contributed by atoms with Gasteiger partial charge in [0.1, 0.15) is 0 Å². The molecule has 78 valence electrons. The topological polar surface area (TPSA) is 55.9 Å². The van der Waals surface area contributed by atoms with Crippen molar-refractivity contribution in [3.05, 3.63) is 42.2 Å². The van der Waals surface area contributed by atoms with Crippen molar-refractivity contribution >= 4 is 11.4 Å². The molecule has 1 aromatic heterocycles. The predicted molar refractivity (Wildman–Crippen MR) is 61.4 cm³/mol. The molecule has 0 radical (unpaired) electrons. The maximum Gasteiger partial charge on any atom is 0.0539 e. The molecule has 2 rings (SSSR count). The van der Waals surface area contributed by atoms with Crippen molar-refractivity contribution in [2.75, 3.05) is 11.1 Å². The van der Waals surface area contributed by atoms with Crippen molar-refractivity contribution in [3.63, 3.8) is 0 Å². The van der Waals surface area contributed by atoms with Gasteiger partial charge >= 0.3 is 0 Å². The van der Waals surface area contributed by atoms with Crippen molar-refractivity contribution in [2.24, 2.45) is 7.05 Å². The Labute approximate surface area is 88.7 Å². The molecule has 0 spiro atoms. The lowest BCUT2D eigenvalue weighted by atomic mass is 10.2. The summed E-state index contributed by atoms with van der Waals surface area (Å²) in [4.78, 5) is 0. The van der Waals surface area contributed by atoms with Crippen molar-refractivity contribution in [3.8, 4) is 0 Å². The molecule has 1 aromatic carbocycles. The molecule has 2 aromatic rings. The minimum atomic E-state index is 0.776. The van der Waals surface area contributed by atoms with Gasteiger partial charge in [0.25, 0.3) is 0 Å². The minimum Gasteiger partial charge on any atom is -0.399 e. The lowest BCUT2D eigenvalue weighted by Crippen LogP contribution is -1.98. The first-order valence-electron chi connectivity index (χ1n) is 4.81. The van der Waals surface area contributed by atoms with E-state index >= 15 is 0 Å². The van der Waals surface area contributed by atoms with E-state index < -0.39 is 0 Å². The third-order valence-electron chi connectivity index (χ3n) is 2.17. The smallest absolute Gasteiger partial charge is 0.0539 e. The van der Waals surface area contributed by atoms with Crippen LogP contribution >= 0.6 is 0 Å². The number of nitrogens with two attached hydrogens (primary N) is 1. The van der Waals surface area contributed by atoms with Crippen LogP contribution in [0, 0.1) is 0 Å². The summed E-state index contributed by atoms with van der Waals surface area (Å²) >= 11 is 0. The first-order chi connectivity index (χ1) is 7.24. The Balaban J connectivity index is 1.96. The summed E-state index contributed by atoms with van der Waals surface area (Å²) in [5.74, 6) is 0. The van der Waals surface area contributed by atoms with E-state index in [2.05, 4.69) is 10.4 Å². The second-order valence-corrected chi connectivity index (χ2v) is 3.50. The number of aryl methyl sites for hydroxylation is 1. The lowest BCUT2D eigenvalue weighted by Gasteiger charge is -2.04. The fraction of sp³-hybridized carbons (Fsp3) is 0.182. The van der Waals surface area contributed by atoms with E-state index in [1.165, 1.54) is 0 Å². The zero-order chi connectivity index (χ0) is 10.7. The van der Waals surface area contributed by atoms with Crippen LogP contribution < -0.4 is 11.1 Å². The van der Waals surface area contributed by atoms with Gasteiger partial charge in [-0.15, -0.1) is 0 Å². The summed E-state index contributed by atoms with van der Waals surface area (Å²) in [7, 11) is 1.91. The molecule has 0 aliphatic carbocycles. The molecule has 0 amide bonds. The molecule has 0 atom stereocenters. The summed E-state index contributed by atoms with van der Waals surface area (Å²) < 4.78 is 1.79. The quantitative estimate of drug-likeness (QED) is 0.743. The Kier molecular flexibility index (Phi) is 2.58. The number of aromatic nitrogens is 2. The summed E-state index contributed by atoms with van der Waals surface area (Å²) in [6.07, 6.45) is 3.84. The van der Waals surface area contributed by atoms with Gasteiger partial charge in [-0.05, 0) is 24.3 Å². The van der Waals surface area contributed by atoms with Gasteiger partial charge in [-0.1, -0.05) is 0 Å². The number of nitrogen functional groups attached to an aromatic ring is 1. The van der Waals surface area contributed by atoms with Gasteiger partial charge in [0.15, 0.2) is 0 Å². The number of rotatable bonds is 3. The van der Waals surface area contributed by atoms with E-state index in [0.29, 0.717) is 0 Å². The van der Waals surface area contributed by atoms with Crippen LogP contribution in [0.2, 0.25) is 0 Å². The maximum atomic E-state index is 5.60. The highest BCUT2D eigenvalue weighted by Gasteiger charge is 1.96. The minimum absolute atomic E-state index is 0.776. The maximum absolute atomic E-state index is 5.60. The number of hydrogen-bond acceptors (Lipinski definition) is 3. The SMILES string of the molecule is Cn1cc(CNc2ccc(N)cc2)cn1. The predicted octanol–water partition coefficient (Wildman–Crippen LogP) is 1.61. The second kappa shape index (κ2) is 4.04. The number of hydrogen-bond donors (Lipinski definition) is 2. The molecule has 0 aliphatic rings. The van der Waals surface area contributed by atoms with Crippen LogP contribution in [0.4, 0.5) is 11.4 Å². The fourth-order valence-corrected chi connectivity index (χ4v) is 1.37. The highest BCUT2D eigenvalue weighted by molar-refractivity contribution is 5.51. The molecule has 15 heavy (non-hydrogen) atoms. The van der Waals surface area contributed by atoms with E-state index in [9.17, 15) is 0 Å². The van der Waals surface area contributed by atoms with Crippen LogP contribution in [0.15, 0.2) is 36.7 Å². The van der Waals surface area contributed by atoms with Crippen LogP contribution in [-0.4, -0.2) is 9.78 Å². The van der Waals surface area contributed by atoms with E-state index in [-0.39, 0.29) is 0 Å². The third-order valence-corrected chi connectivity index (χ3v) is 2.17. The highest BCUT2D eigenvalue weighted by Crippen LogP contribution is 2.11. The van der Waals surface area contributed by atoms with Crippen LogP contribution in [0.25, 0.3) is 0 Å². The summed E-state index contributed by atoms with van der Waals surface area (Å²) in [6, 6.07) is 7.69. The average Bonchev–Trinajstić information content (AvgIpc) is 2.64. The average molecular weight is 202 g/mol. The van der Waals surface area contributed by atoms with E-state index in [1.807, 2.05) is 43.7 Å². The largest absolute Gasteiger partial charge is 0.399 e. The fourth-order valence-electron chi connectivity index (χ4n) is 1.37. The molecule has 1 heterocycles. The highest BCUT2D eigenvalue weighted by atomic mass is 15.2. The van der Waals surface area contributed by atoms with Crippen molar-refractivity contribution in [1.82, 2.24) is 9.78 Å². The number of anilines is 2. The molecule has 3 N–H and O–H groups in total. The van der Waals surface area contributed by atoms with Crippen LogP contribution in [0.1, 0.15) is 5.56 Å². The Morgan fingerprint density at radius 1 is 1.33 bits per heavy atom. The molecule has 0 fully saturated rings. The monoisotopic (exact) mass is 202 g/mol. The number of nitrogens with zero attached hydrogens (tertiary/aromatic N) is 2. The van der Waals surface area contributed by atoms with Gasteiger partial charge in [0.05, 0.1) is 6.20 Å². The van der Waals surface area contributed by atoms with Crippen molar-refractivity contribution < 1.29 is 0 Å². The van der Waals surface area contributed by atoms with E-state index in [4.69, 9.17) is 5.73 Å². The molecule has 0 unspecified atom stereocenters. The van der Waals surface area contributed by atoms with Gasteiger partial charge in [0.2, 0.25) is 0 Å². The summed E-state index contributed by atoms with van der Waals surface area (Å²) in [6.45, 7) is 0.776. The van der Waals surface area contributed by atoms with Crippen LogP contribution in [0.3, 0.4) is 0 Å². The molecule has 0 saturated carbocycles. The standard InChI is InChI=1S/C11H14N4/c1-15-8-9(7-14-15)6-13-11-4-2-10(12)3-5-11/h2-5,7-8,13H,6,12H2,1H3. The van der Waals surface area contributed by atoms with Crippen LogP contribution in [-0.2, 0) is 13.6 Å². The normalized spacial score (nSPS) is 10.2. The number of nitrogens with one attached hydrogen (secondary N) is 1. The zero-order valence-electron chi connectivity index (χ0n) is 8.64.